The third kappa shape index (κ3) is 6.04. The summed E-state index contributed by atoms with van der Waals surface area (Å²) in [7, 11) is 2.08. The number of piperidine rings is 1. The minimum atomic E-state index is -0.351. The van der Waals surface area contributed by atoms with Crippen LogP contribution in [0.4, 0.5) is 17.2 Å². The third-order valence-electron chi connectivity index (χ3n) is 8.51. The summed E-state index contributed by atoms with van der Waals surface area (Å²) < 4.78 is 0. The summed E-state index contributed by atoms with van der Waals surface area (Å²) in [5.74, 6) is -0.393. The number of nitrogens with one attached hydrogen (secondary N) is 5. The van der Waals surface area contributed by atoms with Crippen LogP contribution in [0.5, 0.6) is 0 Å². The van der Waals surface area contributed by atoms with E-state index in [2.05, 4.69) is 54.7 Å². The summed E-state index contributed by atoms with van der Waals surface area (Å²) in [5.41, 5.74) is 4.89. The molecule has 2 fully saturated rings. The standard InChI is InChI=1S/C31H36N8O3.CH4/c1-3-27(40)35-24-15-21(5-6-25(24)39-13-11-38(2)12-14-39)29(41)37-26-16-20(7-10-33-26)23-17-22-28(36-23)31(19-34-30(22)42)8-4-9-32-18-31;/h3,5-7,10,15-17,32,36H,1,4,8-9,11-14,18-19H2,2H3,(H,34,42)(H,35,40)(H,33,37,41);1H4. The Morgan fingerprint density at radius 3 is 2.63 bits per heavy atom. The fourth-order valence-corrected chi connectivity index (χ4v) is 6.11. The number of amides is 3. The Morgan fingerprint density at radius 2 is 1.88 bits per heavy atom. The molecule has 0 saturated carbocycles. The fourth-order valence-electron chi connectivity index (χ4n) is 6.11. The van der Waals surface area contributed by atoms with Gasteiger partial charge in [0.2, 0.25) is 5.91 Å². The lowest BCUT2D eigenvalue weighted by Gasteiger charge is -2.40. The number of H-pyrrole nitrogens is 1. The zero-order chi connectivity index (χ0) is 29.3. The van der Waals surface area contributed by atoms with Gasteiger partial charge in [0.05, 0.1) is 16.9 Å². The highest BCUT2D eigenvalue weighted by atomic mass is 16.2. The number of hydrogen-bond donors (Lipinski definition) is 5. The molecule has 11 heteroatoms. The van der Waals surface area contributed by atoms with E-state index < -0.39 is 0 Å². The van der Waals surface area contributed by atoms with Gasteiger partial charge in [0.15, 0.2) is 0 Å². The molecule has 0 bridgehead atoms. The molecule has 5 heterocycles. The summed E-state index contributed by atoms with van der Waals surface area (Å²) in [6.45, 7) is 9.40. The SMILES string of the molecule is C.C=CC(=O)Nc1cc(C(=O)Nc2cc(-c3cc4c([nH]3)C3(CCCNC3)CNC4=O)ccn2)ccc1N1CCN(C)CC1. The van der Waals surface area contributed by atoms with Crippen molar-refractivity contribution in [3.8, 4) is 11.3 Å². The number of carbonyl (C=O) groups excluding carboxylic acids is 3. The smallest absolute Gasteiger partial charge is 0.256 e. The van der Waals surface area contributed by atoms with Crippen LogP contribution in [0.1, 0.15) is 46.7 Å². The molecule has 1 spiro atoms. The van der Waals surface area contributed by atoms with Crippen LogP contribution >= 0.6 is 0 Å². The number of aromatic amines is 1. The van der Waals surface area contributed by atoms with Gasteiger partial charge in [-0.25, -0.2) is 4.98 Å². The number of pyridine rings is 1. The van der Waals surface area contributed by atoms with Gasteiger partial charge < -0.3 is 36.1 Å². The average molecular weight is 585 g/mol. The van der Waals surface area contributed by atoms with Crippen molar-refractivity contribution in [1.29, 1.82) is 0 Å². The van der Waals surface area contributed by atoms with E-state index in [1.807, 2.05) is 18.2 Å². The number of benzene rings is 1. The van der Waals surface area contributed by atoms with Gasteiger partial charge in [0.1, 0.15) is 5.82 Å². The predicted octanol–water partition coefficient (Wildman–Crippen LogP) is 3.21. The molecule has 0 radical (unpaired) electrons. The molecule has 1 atom stereocenters. The molecule has 0 aliphatic carbocycles. The second kappa shape index (κ2) is 12.4. The summed E-state index contributed by atoms with van der Waals surface area (Å²) in [6.07, 6.45) is 4.89. The fraction of sp³-hybridized carbons (Fsp3) is 0.375. The number of carbonyl (C=O) groups is 3. The largest absolute Gasteiger partial charge is 0.367 e. The predicted molar refractivity (Wildman–Crippen MR) is 170 cm³/mol. The molecule has 3 aliphatic rings. The number of piperazine rings is 1. The average Bonchev–Trinajstić information content (AvgIpc) is 3.48. The van der Waals surface area contributed by atoms with Crippen molar-refractivity contribution in [1.82, 2.24) is 25.5 Å². The summed E-state index contributed by atoms with van der Waals surface area (Å²) in [5, 5.41) is 12.3. The Labute approximate surface area is 252 Å². The van der Waals surface area contributed by atoms with E-state index in [1.165, 1.54) is 6.08 Å². The van der Waals surface area contributed by atoms with Gasteiger partial charge in [-0.1, -0.05) is 14.0 Å². The minimum Gasteiger partial charge on any atom is -0.367 e. The van der Waals surface area contributed by atoms with E-state index in [-0.39, 0.29) is 30.6 Å². The lowest BCUT2D eigenvalue weighted by molar-refractivity contribution is -0.111. The van der Waals surface area contributed by atoms with Crippen molar-refractivity contribution in [2.45, 2.75) is 25.7 Å². The lowest BCUT2D eigenvalue weighted by Crippen LogP contribution is -2.54. The van der Waals surface area contributed by atoms with E-state index in [1.54, 1.807) is 24.4 Å². The highest BCUT2D eigenvalue weighted by molar-refractivity contribution is 6.07. The van der Waals surface area contributed by atoms with Crippen LogP contribution in [0.3, 0.4) is 0 Å². The summed E-state index contributed by atoms with van der Waals surface area (Å²) in [6, 6.07) is 10.8. The normalized spacial score (nSPS) is 20.0. The van der Waals surface area contributed by atoms with Crippen LogP contribution in [-0.2, 0) is 10.2 Å². The highest BCUT2D eigenvalue weighted by Crippen LogP contribution is 2.38. The van der Waals surface area contributed by atoms with Crippen LogP contribution < -0.4 is 26.2 Å². The molecule has 2 saturated heterocycles. The number of likely N-dealkylation sites (N-methyl/N-ethyl adjacent to an activating group) is 1. The molecular formula is C32H40N8O3. The van der Waals surface area contributed by atoms with Crippen LogP contribution in [0.2, 0.25) is 0 Å². The molecule has 11 nitrogen and oxygen atoms in total. The number of fused-ring (bicyclic) bond motifs is 2. The first-order valence-corrected chi connectivity index (χ1v) is 14.4. The monoisotopic (exact) mass is 584 g/mol. The van der Waals surface area contributed by atoms with Gasteiger partial charge in [-0.05, 0) is 68.9 Å². The van der Waals surface area contributed by atoms with E-state index in [0.29, 0.717) is 29.2 Å². The molecular weight excluding hydrogens is 544 g/mol. The molecule has 226 valence electrons. The molecule has 2 aromatic heterocycles. The zero-order valence-corrected chi connectivity index (χ0v) is 23.8. The van der Waals surface area contributed by atoms with Crippen molar-refractivity contribution in [2.75, 3.05) is 68.4 Å². The number of anilines is 3. The Kier molecular flexibility index (Phi) is 8.65. The first kappa shape index (κ1) is 30.0. The van der Waals surface area contributed by atoms with Gasteiger partial charge in [-0.15, -0.1) is 0 Å². The van der Waals surface area contributed by atoms with E-state index >= 15 is 0 Å². The Hall–Kier alpha value is -4.48. The maximum Gasteiger partial charge on any atom is 0.256 e. The van der Waals surface area contributed by atoms with Crippen molar-refractivity contribution in [3.05, 3.63) is 72.1 Å². The minimum absolute atomic E-state index is 0. The zero-order valence-electron chi connectivity index (χ0n) is 23.8. The van der Waals surface area contributed by atoms with Crippen LogP contribution in [0.25, 0.3) is 11.3 Å². The van der Waals surface area contributed by atoms with Crippen LogP contribution in [-0.4, -0.2) is 85.5 Å². The Balaban J connectivity index is 0.00000368. The maximum absolute atomic E-state index is 13.3. The molecule has 3 aliphatic heterocycles. The van der Waals surface area contributed by atoms with Gasteiger partial charge in [0, 0.05) is 73.4 Å². The van der Waals surface area contributed by atoms with Crippen molar-refractivity contribution >= 4 is 34.9 Å². The quantitative estimate of drug-likeness (QED) is 0.281. The first-order valence-electron chi connectivity index (χ1n) is 14.4. The first-order chi connectivity index (χ1) is 20.3. The number of nitrogens with zero attached hydrogens (tertiary/aromatic N) is 3. The molecule has 43 heavy (non-hydrogen) atoms. The molecule has 5 N–H and O–H groups in total. The summed E-state index contributed by atoms with van der Waals surface area (Å²) in [4.78, 5) is 50.6. The van der Waals surface area contributed by atoms with Crippen molar-refractivity contribution < 1.29 is 14.4 Å². The Morgan fingerprint density at radius 1 is 1.07 bits per heavy atom. The van der Waals surface area contributed by atoms with E-state index in [0.717, 1.165) is 74.7 Å². The second-order valence-corrected chi connectivity index (χ2v) is 11.3. The van der Waals surface area contributed by atoms with Gasteiger partial charge in [-0.3, -0.25) is 14.4 Å². The lowest BCUT2D eigenvalue weighted by atomic mass is 9.74. The van der Waals surface area contributed by atoms with E-state index in [9.17, 15) is 14.4 Å². The van der Waals surface area contributed by atoms with Crippen LogP contribution in [0.15, 0.2) is 55.3 Å². The van der Waals surface area contributed by atoms with Crippen molar-refractivity contribution in [3.63, 3.8) is 0 Å². The third-order valence-corrected chi connectivity index (χ3v) is 8.51. The summed E-state index contributed by atoms with van der Waals surface area (Å²) >= 11 is 0. The maximum atomic E-state index is 13.3. The van der Waals surface area contributed by atoms with Crippen molar-refractivity contribution in [2.24, 2.45) is 0 Å². The highest BCUT2D eigenvalue weighted by Gasteiger charge is 2.42. The Bertz CT molecular complexity index is 1530. The van der Waals surface area contributed by atoms with E-state index in [4.69, 9.17) is 0 Å². The number of rotatable bonds is 6. The molecule has 3 amide bonds. The number of aromatic nitrogens is 2. The van der Waals surface area contributed by atoms with Crippen LogP contribution in [0, 0.1) is 0 Å². The molecule has 1 unspecified atom stereocenters. The van der Waals surface area contributed by atoms with Gasteiger partial charge >= 0.3 is 0 Å². The topological polar surface area (TPSA) is 134 Å². The number of hydrogen-bond acceptors (Lipinski definition) is 7. The molecule has 1 aromatic carbocycles. The van der Waals surface area contributed by atoms with Gasteiger partial charge in [-0.2, -0.15) is 0 Å². The molecule has 6 rings (SSSR count). The van der Waals surface area contributed by atoms with Gasteiger partial charge in [0.25, 0.3) is 11.8 Å². The second-order valence-electron chi connectivity index (χ2n) is 11.3. The molecule has 3 aromatic rings.